The summed E-state index contributed by atoms with van der Waals surface area (Å²) in [6, 6.07) is 11.1. The van der Waals surface area contributed by atoms with Gasteiger partial charge in [-0.2, -0.15) is 0 Å². The van der Waals surface area contributed by atoms with Gasteiger partial charge in [-0.15, -0.1) is 0 Å². The maximum atomic E-state index is 14.2. The SMILES string of the molecule is O=C(c1c(F)cccc1F)N(Cc1cccnc1)c1nc2c(F)cccc2s1. The summed E-state index contributed by atoms with van der Waals surface area (Å²) in [4.78, 5) is 22.4. The summed E-state index contributed by atoms with van der Waals surface area (Å²) in [5.74, 6) is -3.40. The largest absolute Gasteiger partial charge is 0.279 e. The summed E-state index contributed by atoms with van der Waals surface area (Å²) in [7, 11) is 0. The van der Waals surface area contributed by atoms with E-state index in [9.17, 15) is 18.0 Å². The number of fused-ring (bicyclic) bond motifs is 1. The van der Waals surface area contributed by atoms with E-state index in [1.54, 1.807) is 24.4 Å². The van der Waals surface area contributed by atoms with Gasteiger partial charge < -0.3 is 0 Å². The molecule has 2 aromatic heterocycles. The monoisotopic (exact) mass is 399 g/mol. The molecular formula is C20H12F3N3OS. The molecule has 8 heteroatoms. The predicted octanol–water partition coefficient (Wildman–Crippen LogP) is 4.96. The Hall–Kier alpha value is -3.26. The highest BCUT2D eigenvalue weighted by atomic mass is 32.1. The Balaban J connectivity index is 1.83. The Kier molecular flexibility index (Phi) is 4.79. The predicted molar refractivity (Wildman–Crippen MR) is 101 cm³/mol. The quantitative estimate of drug-likeness (QED) is 0.488. The van der Waals surface area contributed by atoms with E-state index in [-0.39, 0.29) is 17.2 Å². The molecule has 0 saturated carbocycles. The molecule has 2 heterocycles. The number of anilines is 1. The van der Waals surface area contributed by atoms with Crippen LogP contribution >= 0.6 is 11.3 Å². The molecule has 28 heavy (non-hydrogen) atoms. The number of aromatic nitrogens is 2. The summed E-state index contributed by atoms with van der Waals surface area (Å²) < 4.78 is 43.0. The minimum absolute atomic E-state index is 0.0259. The fourth-order valence-electron chi connectivity index (χ4n) is 2.76. The normalized spacial score (nSPS) is 11.0. The number of halogens is 3. The van der Waals surface area contributed by atoms with E-state index in [1.807, 2.05) is 0 Å². The number of amides is 1. The molecule has 0 unspecified atom stereocenters. The van der Waals surface area contributed by atoms with Crippen LogP contribution in [0.1, 0.15) is 15.9 Å². The third kappa shape index (κ3) is 3.34. The second-order valence-corrected chi connectivity index (χ2v) is 6.94. The Labute approximate surface area is 161 Å². The van der Waals surface area contributed by atoms with Gasteiger partial charge in [-0.05, 0) is 35.9 Å². The van der Waals surface area contributed by atoms with Crippen molar-refractivity contribution in [2.75, 3.05) is 4.90 Å². The van der Waals surface area contributed by atoms with Crippen LogP contribution in [0.15, 0.2) is 60.9 Å². The molecular weight excluding hydrogens is 387 g/mol. The Morgan fingerprint density at radius 2 is 1.68 bits per heavy atom. The first-order chi connectivity index (χ1) is 13.5. The standard InChI is InChI=1S/C20H12F3N3OS/c21-13-5-1-6-14(22)17(13)19(27)26(11-12-4-3-9-24-10-12)20-25-18-15(23)7-2-8-16(18)28-20/h1-10H,11H2. The van der Waals surface area contributed by atoms with E-state index in [0.29, 0.717) is 10.3 Å². The molecule has 0 saturated heterocycles. The van der Waals surface area contributed by atoms with E-state index < -0.39 is 28.9 Å². The van der Waals surface area contributed by atoms with Gasteiger partial charge >= 0.3 is 0 Å². The van der Waals surface area contributed by atoms with Crippen molar-refractivity contribution >= 4 is 32.6 Å². The molecule has 0 N–H and O–H groups in total. The molecule has 4 rings (SSSR count). The molecule has 0 radical (unpaired) electrons. The number of para-hydroxylation sites is 1. The van der Waals surface area contributed by atoms with Crippen LogP contribution in [0.2, 0.25) is 0 Å². The summed E-state index contributed by atoms with van der Waals surface area (Å²) >= 11 is 1.06. The highest BCUT2D eigenvalue weighted by molar-refractivity contribution is 7.22. The Bertz CT molecular complexity index is 1140. The van der Waals surface area contributed by atoms with E-state index >= 15 is 0 Å². The first-order valence-corrected chi connectivity index (χ1v) is 9.06. The number of hydrogen-bond donors (Lipinski definition) is 0. The number of carbonyl (C=O) groups is 1. The number of nitrogens with zero attached hydrogens (tertiary/aromatic N) is 3. The summed E-state index contributed by atoms with van der Waals surface area (Å²) in [5, 5.41) is 0.136. The molecule has 0 bridgehead atoms. The first-order valence-electron chi connectivity index (χ1n) is 8.24. The maximum Gasteiger partial charge on any atom is 0.266 e. The maximum absolute atomic E-state index is 14.2. The van der Waals surface area contributed by atoms with Crippen molar-refractivity contribution in [1.82, 2.24) is 9.97 Å². The zero-order valence-electron chi connectivity index (χ0n) is 14.3. The summed E-state index contributed by atoms with van der Waals surface area (Å²) in [6.45, 7) is -0.0259. The molecule has 2 aromatic carbocycles. The third-order valence-corrected chi connectivity index (χ3v) is 5.12. The zero-order chi connectivity index (χ0) is 19.7. The van der Waals surface area contributed by atoms with Crippen LogP contribution in [0.3, 0.4) is 0 Å². The van der Waals surface area contributed by atoms with Crippen LogP contribution in [0.5, 0.6) is 0 Å². The zero-order valence-corrected chi connectivity index (χ0v) is 15.1. The van der Waals surface area contributed by atoms with Gasteiger partial charge in [-0.25, -0.2) is 18.2 Å². The third-order valence-electron chi connectivity index (χ3n) is 4.07. The van der Waals surface area contributed by atoms with Gasteiger partial charge in [-0.3, -0.25) is 14.7 Å². The van der Waals surface area contributed by atoms with E-state index in [4.69, 9.17) is 0 Å². The lowest BCUT2D eigenvalue weighted by molar-refractivity contribution is 0.0977. The van der Waals surface area contributed by atoms with Crippen molar-refractivity contribution in [2.24, 2.45) is 0 Å². The van der Waals surface area contributed by atoms with Crippen molar-refractivity contribution in [2.45, 2.75) is 6.54 Å². The number of hydrogen-bond acceptors (Lipinski definition) is 4. The highest BCUT2D eigenvalue weighted by Gasteiger charge is 2.27. The van der Waals surface area contributed by atoms with Gasteiger partial charge in [-0.1, -0.05) is 29.5 Å². The van der Waals surface area contributed by atoms with Crippen LogP contribution in [-0.2, 0) is 6.54 Å². The fourth-order valence-corrected chi connectivity index (χ4v) is 3.73. The molecule has 0 aliphatic rings. The molecule has 0 spiro atoms. The average Bonchev–Trinajstić information content (AvgIpc) is 3.12. The Morgan fingerprint density at radius 3 is 2.36 bits per heavy atom. The van der Waals surface area contributed by atoms with Crippen LogP contribution < -0.4 is 4.90 Å². The van der Waals surface area contributed by atoms with Crippen molar-refractivity contribution in [3.8, 4) is 0 Å². The molecule has 140 valence electrons. The van der Waals surface area contributed by atoms with Crippen LogP contribution in [-0.4, -0.2) is 15.9 Å². The van der Waals surface area contributed by atoms with Crippen LogP contribution in [0.4, 0.5) is 18.3 Å². The average molecular weight is 399 g/mol. The number of benzene rings is 2. The number of pyridine rings is 1. The van der Waals surface area contributed by atoms with Gasteiger partial charge in [0.15, 0.2) is 5.13 Å². The smallest absolute Gasteiger partial charge is 0.266 e. The lowest BCUT2D eigenvalue weighted by Gasteiger charge is -2.20. The number of carbonyl (C=O) groups excluding carboxylic acids is 1. The summed E-state index contributed by atoms with van der Waals surface area (Å²) in [6.07, 6.45) is 3.10. The van der Waals surface area contributed by atoms with Gasteiger partial charge in [0.05, 0.1) is 11.2 Å². The highest BCUT2D eigenvalue weighted by Crippen LogP contribution is 2.32. The number of rotatable bonds is 4. The minimum Gasteiger partial charge on any atom is -0.279 e. The molecule has 1 amide bonds. The Morgan fingerprint density at radius 1 is 0.964 bits per heavy atom. The minimum atomic E-state index is -0.978. The van der Waals surface area contributed by atoms with Gasteiger partial charge in [0, 0.05) is 12.4 Å². The molecule has 0 atom stereocenters. The molecule has 0 fully saturated rings. The molecule has 0 aliphatic carbocycles. The van der Waals surface area contributed by atoms with E-state index in [0.717, 1.165) is 28.4 Å². The lowest BCUT2D eigenvalue weighted by atomic mass is 10.1. The van der Waals surface area contributed by atoms with Crippen molar-refractivity contribution in [1.29, 1.82) is 0 Å². The molecule has 4 nitrogen and oxygen atoms in total. The molecule has 4 aromatic rings. The van der Waals surface area contributed by atoms with E-state index in [1.165, 1.54) is 24.4 Å². The number of thiazole rings is 1. The van der Waals surface area contributed by atoms with Gasteiger partial charge in [0.25, 0.3) is 5.91 Å². The van der Waals surface area contributed by atoms with Crippen LogP contribution in [0, 0.1) is 17.5 Å². The van der Waals surface area contributed by atoms with E-state index in [2.05, 4.69) is 9.97 Å². The second kappa shape index (κ2) is 7.40. The van der Waals surface area contributed by atoms with Gasteiger partial charge in [0.1, 0.15) is 28.5 Å². The van der Waals surface area contributed by atoms with Gasteiger partial charge in [0.2, 0.25) is 0 Å². The topological polar surface area (TPSA) is 46.1 Å². The van der Waals surface area contributed by atoms with Crippen molar-refractivity contribution < 1.29 is 18.0 Å². The fraction of sp³-hybridized carbons (Fsp3) is 0.0500. The van der Waals surface area contributed by atoms with Crippen molar-refractivity contribution in [3.63, 3.8) is 0 Å². The second-order valence-electron chi connectivity index (χ2n) is 5.93. The van der Waals surface area contributed by atoms with Crippen LogP contribution in [0.25, 0.3) is 10.2 Å². The summed E-state index contributed by atoms with van der Waals surface area (Å²) in [5.41, 5.74) is 0.0407. The molecule has 0 aliphatic heterocycles. The lowest BCUT2D eigenvalue weighted by Crippen LogP contribution is -2.32. The van der Waals surface area contributed by atoms with Crippen molar-refractivity contribution in [3.05, 3.63) is 89.5 Å². The first kappa shape index (κ1) is 18.1.